The Morgan fingerprint density at radius 2 is 1.85 bits per heavy atom. The highest BCUT2D eigenvalue weighted by molar-refractivity contribution is 5.99. The van der Waals surface area contributed by atoms with Crippen molar-refractivity contribution in [3.05, 3.63) is 59.7 Å². The summed E-state index contributed by atoms with van der Waals surface area (Å²) in [6.07, 6.45) is 0.0645. The van der Waals surface area contributed by atoms with Crippen LogP contribution in [-0.2, 0) is 4.79 Å². The fourth-order valence-corrected chi connectivity index (χ4v) is 2.92. The van der Waals surface area contributed by atoms with Gasteiger partial charge in [0.25, 0.3) is 5.91 Å². The summed E-state index contributed by atoms with van der Waals surface area (Å²) in [7, 11) is 0. The average Bonchev–Trinajstić information content (AvgIpc) is 2.96. The first kappa shape index (κ1) is 17.8. The molecule has 7 heteroatoms. The van der Waals surface area contributed by atoms with E-state index >= 15 is 0 Å². The number of benzene rings is 2. The number of ether oxygens (including phenoxy) is 1. The molecule has 0 radical (unpaired) electrons. The number of hydrogen-bond donors (Lipinski definition) is 1. The maximum absolute atomic E-state index is 13.7. The van der Waals surface area contributed by atoms with Gasteiger partial charge in [-0.3, -0.25) is 9.59 Å². The largest absolute Gasteiger partial charge is 0.494 e. The van der Waals surface area contributed by atoms with Crippen LogP contribution in [0.2, 0.25) is 0 Å². The second-order valence-electron chi connectivity index (χ2n) is 5.90. The summed E-state index contributed by atoms with van der Waals surface area (Å²) in [4.78, 5) is 25.9. The summed E-state index contributed by atoms with van der Waals surface area (Å²) in [6, 6.07) is 9.72. The smallest absolute Gasteiger partial charge is 0.257 e. The van der Waals surface area contributed by atoms with Crippen LogP contribution < -0.4 is 15.0 Å². The van der Waals surface area contributed by atoms with Crippen molar-refractivity contribution >= 4 is 17.5 Å². The molecule has 2 aromatic carbocycles. The second kappa shape index (κ2) is 7.51. The zero-order chi connectivity index (χ0) is 18.7. The summed E-state index contributed by atoms with van der Waals surface area (Å²) in [6.45, 7) is 2.65. The molecule has 1 saturated heterocycles. The molecule has 1 aliphatic rings. The van der Waals surface area contributed by atoms with Crippen LogP contribution in [0.1, 0.15) is 23.7 Å². The third-order valence-electron chi connectivity index (χ3n) is 4.11. The predicted molar refractivity (Wildman–Crippen MR) is 92.2 cm³/mol. The Kier molecular flexibility index (Phi) is 5.16. The van der Waals surface area contributed by atoms with Crippen molar-refractivity contribution in [3.63, 3.8) is 0 Å². The molecule has 0 saturated carbocycles. The van der Waals surface area contributed by atoms with Crippen LogP contribution in [0.4, 0.5) is 14.5 Å². The minimum Gasteiger partial charge on any atom is -0.494 e. The number of amides is 2. The van der Waals surface area contributed by atoms with Gasteiger partial charge in [-0.05, 0) is 43.3 Å². The molecule has 0 spiro atoms. The average molecular weight is 360 g/mol. The summed E-state index contributed by atoms with van der Waals surface area (Å²) < 4.78 is 32.8. The number of rotatable bonds is 5. The monoisotopic (exact) mass is 360 g/mol. The van der Waals surface area contributed by atoms with Gasteiger partial charge >= 0.3 is 0 Å². The van der Waals surface area contributed by atoms with Gasteiger partial charge in [-0.2, -0.15) is 0 Å². The second-order valence-corrected chi connectivity index (χ2v) is 5.90. The Balaban J connectivity index is 1.69. The zero-order valence-electron chi connectivity index (χ0n) is 14.2. The molecule has 1 atom stereocenters. The maximum atomic E-state index is 13.7. The Labute approximate surface area is 149 Å². The molecule has 1 N–H and O–H groups in total. The number of nitrogens with one attached hydrogen (secondary N) is 1. The number of anilines is 1. The first-order valence-electron chi connectivity index (χ1n) is 8.27. The standard InChI is InChI=1S/C19H18F2N2O3/c1-2-26-14-8-6-13(7-9-14)23-11-12(10-17(23)24)22-19(25)18-15(20)4-3-5-16(18)21/h3-9,12H,2,10-11H2,1H3,(H,22,25). The highest BCUT2D eigenvalue weighted by Gasteiger charge is 2.32. The molecular formula is C19H18F2N2O3. The van der Waals surface area contributed by atoms with Crippen LogP contribution in [0.3, 0.4) is 0 Å². The molecule has 5 nitrogen and oxygen atoms in total. The van der Waals surface area contributed by atoms with Crippen molar-refractivity contribution in [1.82, 2.24) is 5.32 Å². The van der Waals surface area contributed by atoms with Crippen LogP contribution in [-0.4, -0.2) is 31.0 Å². The number of carbonyl (C=O) groups excluding carboxylic acids is 2. The van der Waals surface area contributed by atoms with Gasteiger partial charge < -0.3 is 15.0 Å². The van der Waals surface area contributed by atoms with E-state index in [1.807, 2.05) is 6.92 Å². The molecule has 0 aromatic heterocycles. The first-order chi connectivity index (χ1) is 12.5. The fraction of sp³-hybridized carbons (Fsp3) is 0.263. The number of nitrogens with zero attached hydrogens (tertiary/aromatic N) is 1. The van der Waals surface area contributed by atoms with E-state index in [0.29, 0.717) is 18.0 Å². The van der Waals surface area contributed by atoms with Crippen molar-refractivity contribution in [3.8, 4) is 5.75 Å². The van der Waals surface area contributed by atoms with Gasteiger partial charge in [0.1, 0.15) is 22.9 Å². The SMILES string of the molecule is CCOc1ccc(N2CC(NC(=O)c3c(F)cccc3F)CC2=O)cc1. The van der Waals surface area contributed by atoms with Gasteiger partial charge in [0.15, 0.2) is 0 Å². The van der Waals surface area contributed by atoms with Gasteiger partial charge in [0, 0.05) is 18.7 Å². The maximum Gasteiger partial charge on any atom is 0.257 e. The van der Waals surface area contributed by atoms with Crippen LogP contribution in [0.15, 0.2) is 42.5 Å². The third kappa shape index (κ3) is 3.66. The summed E-state index contributed by atoms with van der Waals surface area (Å²) in [5.74, 6) is -2.21. The lowest BCUT2D eigenvalue weighted by Gasteiger charge is -2.18. The van der Waals surface area contributed by atoms with Gasteiger partial charge in [-0.1, -0.05) is 6.07 Å². The van der Waals surface area contributed by atoms with Crippen molar-refractivity contribution < 1.29 is 23.1 Å². The number of halogens is 2. The minimum absolute atomic E-state index is 0.0645. The van der Waals surface area contributed by atoms with Gasteiger partial charge in [0.2, 0.25) is 5.91 Å². The summed E-state index contributed by atoms with van der Waals surface area (Å²) in [5.41, 5.74) is 0.0340. The van der Waals surface area contributed by atoms with Crippen LogP contribution in [0.5, 0.6) is 5.75 Å². The molecule has 26 heavy (non-hydrogen) atoms. The van der Waals surface area contributed by atoms with Gasteiger partial charge in [-0.25, -0.2) is 8.78 Å². The Bertz CT molecular complexity index is 804. The molecule has 1 heterocycles. The van der Waals surface area contributed by atoms with Crippen molar-refractivity contribution in [2.24, 2.45) is 0 Å². The minimum atomic E-state index is -0.935. The molecule has 2 amide bonds. The Morgan fingerprint density at radius 3 is 2.46 bits per heavy atom. The van der Waals surface area contributed by atoms with E-state index in [2.05, 4.69) is 5.32 Å². The van der Waals surface area contributed by atoms with Crippen LogP contribution in [0, 0.1) is 11.6 Å². The number of hydrogen-bond acceptors (Lipinski definition) is 3. The molecule has 0 aliphatic carbocycles. The molecule has 1 unspecified atom stereocenters. The fourth-order valence-electron chi connectivity index (χ4n) is 2.92. The van der Waals surface area contributed by atoms with E-state index in [9.17, 15) is 18.4 Å². The van der Waals surface area contributed by atoms with Gasteiger partial charge in [0.05, 0.1) is 12.6 Å². The molecule has 3 rings (SSSR count). The van der Waals surface area contributed by atoms with E-state index in [-0.39, 0.29) is 18.9 Å². The molecular weight excluding hydrogens is 342 g/mol. The first-order valence-corrected chi connectivity index (χ1v) is 8.27. The quantitative estimate of drug-likeness (QED) is 0.892. The summed E-state index contributed by atoms with van der Waals surface area (Å²) >= 11 is 0. The van der Waals surface area contributed by atoms with E-state index in [0.717, 1.165) is 12.1 Å². The molecule has 1 aliphatic heterocycles. The lowest BCUT2D eigenvalue weighted by molar-refractivity contribution is -0.117. The van der Waals surface area contributed by atoms with E-state index in [4.69, 9.17) is 4.74 Å². The van der Waals surface area contributed by atoms with Crippen LogP contribution >= 0.6 is 0 Å². The Hall–Kier alpha value is -2.96. The topological polar surface area (TPSA) is 58.6 Å². The van der Waals surface area contributed by atoms with Crippen molar-refractivity contribution in [1.29, 1.82) is 0 Å². The Morgan fingerprint density at radius 1 is 1.19 bits per heavy atom. The molecule has 2 aromatic rings. The lowest BCUT2D eigenvalue weighted by Crippen LogP contribution is -2.38. The third-order valence-corrected chi connectivity index (χ3v) is 4.11. The van der Waals surface area contributed by atoms with Crippen LogP contribution in [0.25, 0.3) is 0 Å². The summed E-state index contributed by atoms with van der Waals surface area (Å²) in [5, 5.41) is 2.53. The van der Waals surface area contributed by atoms with Crippen molar-refractivity contribution in [2.75, 3.05) is 18.1 Å². The van der Waals surface area contributed by atoms with Crippen molar-refractivity contribution in [2.45, 2.75) is 19.4 Å². The van der Waals surface area contributed by atoms with E-state index < -0.39 is 29.1 Å². The normalized spacial score (nSPS) is 16.7. The molecule has 136 valence electrons. The van der Waals surface area contributed by atoms with E-state index in [1.54, 1.807) is 24.3 Å². The molecule has 0 bridgehead atoms. The highest BCUT2D eigenvalue weighted by atomic mass is 19.1. The lowest BCUT2D eigenvalue weighted by atomic mass is 10.1. The number of carbonyl (C=O) groups is 2. The molecule has 1 fully saturated rings. The zero-order valence-corrected chi connectivity index (χ0v) is 14.2. The highest BCUT2D eigenvalue weighted by Crippen LogP contribution is 2.24. The predicted octanol–water partition coefficient (Wildman–Crippen LogP) is 2.90. The van der Waals surface area contributed by atoms with Gasteiger partial charge in [-0.15, -0.1) is 0 Å². The van der Waals surface area contributed by atoms with E-state index in [1.165, 1.54) is 11.0 Å².